The molecular formula is C12H17N3O. The molecule has 0 fully saturated rings. The highest BCUT2D eigenvalue weighted by Crippen LogP contribution is 2.25. The van der Waals surface area contributed by atoms with E-state index in [0.29, 0.717) is 0 Å². The molecule has 0 aromatic heterocycles. The molecule has 0 radical (unpaired) electrons. The molecule has 0 aliphatic carbocycles. The minimum absolute atomic E-state index is 0.149. The molecule has 16 heavy (non-hydrogen) atoms. The summed E-state index contributed by atoms with van der Waals surface area (Å²) in [7, 11) is 0. The molecule has 4 nitrogen and oxygen atoms in total. The molecule has 0 unspecified atom stereocenters. The van der Waals surface area contributed by atoms with Gasteiger partial charge in [0.25, 0.3) is 0 Å². The van der Waals surface area contributed by atoms with E-state index < -0.39 is 0 Å². The van der Waals surface area contributed by atoms with E-state index in [0.717, 1.165) is 18.7 Å². The Bertz CT molecular complexity index is 401. The van der Waals surface area contributed by atoms with Gasteiger partial charge in [-0.1, -0.05) is 0 Å². The van der Waals surface area contributed by atoms with Crippen LogP contribution in [0.25, 0.3) is 0 Å². The molecule has 3 N–H and O–H groups in total. The van der Waals surface area contributed by atoms with Crippen LogP contribution in [0.15, 0.2) is 18.2 Å². The maximum Gasteiger partial charge on any atom is 0.319 e. The van der Waals surface area contributed by atoms with Gasteiger partial charge in [-0.25, -0.2) is 4.79 Å². The van der Waals surface area contributed by atoms with E-state index in [9.17, 15) is 4.79 Å². The van der Waals surface area contributed by atoms with E-state index >= 15 is 0 Å². The molecule has 2 rings (SSSR count). The summed E-state index contributed by atoms with van der Waals surface area (Å²) in [6.07, 6.45) is 1.02. The number of fused-ring (bicyclic) bond motifs is 1. The van der Waals surface area contributed by atoms with Crippen molar-refractivity contribution in [1.82, 2.24) is 5.32 Å². The molecule has 1 aromatic rings. The number of rotatable bonds is 2. The Morgan fingerprint density at radius 3 is 3.00 bits per heavy atom. The maximum atomic E-state index is 11.5. The Labute approximate surface area is 95.4 Å². The van der Waals surface area contributed by atoms with Crippen molar-refractivity contribution in [3.63, 3.8) is 0 Å². The monoisotopic (exact) mass is 219 g/mol. The number of hydrogen-bond donors (Lipinski definition) is 3. The zero-order chi connectivity index (χ0) is 11.5. The first-order valence-corrected chi connectivity index (χ1v) is 5.59. The summed E-state index contributed by atoms with van der Waals surface area (Å²) < 4.78 is 0. The summed E-state index contributed by atoms with van der Waals surface area (Å²) in [5.41, 5.74) is 3.29. The quantitative estimate of drug-likeness (QED) is 0.714. The lowest BCUT2D eigenvalue weighted by Gasteiger charge is -2.10. The van der Waals surface area contributed by atoms with Crippen LogP contribution >= 0.6 is 0 Å². The van der Waals surface area contributed by atoms with Crippen LogP contribution < -0.4 is 16.0 Å². The van der Waals surface area contributed by atoms with Crippen molar-refractivity contribution in [2.75, 3.05) is 17.2 Å². The average Bonchev–Trinajstić information content (AvgIpc) is 2.63. The van der Waals surface area contributed by atoms with Gasteiger partial charge in [0, 0.05) is 24.0 Å². The molecule has 0 saturated heterocycles. The summed E-state index contributed by atoms with van der Waals surface area (Å²) in [6.45, 7) is 4.86. The number of benzene rings is 1. The normalized spacial score (nSPS) is 13.2. The lowest BCUT2D eigenvalue weighted by molar-refractivity contribution is 0.250. The highest BCUT2D eigenvalue weighted by Gasteiger charge is 2.11. The molecular weight excluding hydrogens is 202 g/mol. The molecule has 1 aliphatic rings. The zero-order valence-electron chi connectivity index (χ0n) is 9.63. The van der Waals surface area contributed by atoms with Crippen LogP contribution in [0.4, 0.5) is 16.2 Å². The Hall–Kier alpha value is -1.71. The molecule has 0 spiro atoms. The number of carbonyl (C=O) groups is 1. The van der Waals surface area contributed by atoms with Crippen LogP contribution in [0, 0.1) is 0 Å². The molecule has 0 atom stereocenters. The number of nitrogens with one attached hydrogen (secondary N) is 3. The van der Waals surface area contributed by atoms with Crippen molar-refractivity contribution < 1.29 is 4.79 Å². The third-order valence-electron chi connectivity index (χ3n) is 2.49. The van der Waals surface area contributed by atoms with E-state index in [1.54, 1.807) is 0 Å². The standard InChI is InChI=1S/C12H17N3O/c1-8(2)14-12(16)15-10-3-4-11-9(7-10)5-6-13-11/h3-4,7-8,13H,5-6H2,1-2H3,(H2,14,15,16). The van der Waals surface area contributed by atoms with Gasteiger partial charge in [0.15, 0.2) is 0 Å². The van der Waals surface area contributed by atoms with Gasteiger partial charge in [-0.2, -0.15) is 0 Å². The van der Waals surface area contributed by atoms with Gasteiger partial charge in [-0.3, -0.25) is 0 Å². The van der Waals surface area contributed by atoms with Gasteiger partial charge < -0.3 is 16.0 Å². The Morgan fingerprint density at radius 1 is 1.44 bits per heavy atom. The second-order valence-corrected chi connectivity index (χ2v) is 4.30. The highest BCUT2D eigenvalue weighted by molar-refractivity contribution is 5.89. The van der Waals surface area contributed by atoms with Gasteiger partial charge in [0.05, 0.1) is 0 Å². The molecule has 4 heteroatoms. The Balaban J connectivity index is 2.02. The van der Waals surface area contributed by atoms with Crippen molar-refractivity contribution in [3.05, 3.63) is 23.8 Å². The van der Waals surface area contributed by atoms with Crippen LogP contribution in [0.5, 0.6) is 0 Å². The van der Waals surface area contributed by atoms with Gasteiger partial charge in [-0.05, 0) is 44.0 Å². The van der Waals surface area contributed by atoms with Gasteiger partial charge >= 0.3 is 6.03 Å². The summed E-state index contributed by atoms with van der Waals surface area (Å²) in [6, 6.07) is 5.94. The third-order valence-corrected chi connectivity index (χ3v) is 2.49. The zero-order valence-corrected chi connectivity index (χ0v) is 9.63. The minimum atomic E-state index is -0.152. The fourth-order valence-electron chi connectivity index (χ4n) is 1.81. The predicted molar refractivity (Wildman–Crippen MR) is 65.9 cm³/mol. The molecule has 1 aromatic carbocycles. The number of urea groups is 1. The summed E-state index contributed by atoms with van der Waals surface area (Å²) in [4.78, 5) is 11.5. The highest BCUT2D eigenvalue weighted by atomic mass is 16.2. The average molecular weight is 219 g/mol. The van der Waals surface area contributed by atoms with Crippen LogP contribution in [-0.4, -0.2) is 18.6 Å². The second kappa shape index (κ2) is 4.43. The minimum Gasteiger partial charge on any atom is -0.384 e. The van der Waals surface area contributed by atoms with E-state index in [4.69, 9.17) is 0 Å². The van der Waals surface area contributed by atoms with Crippen molar-refractivity contribution in [2.45, 2.75) is 26.3 Å². The third kappa shape index (κ3) is 2.45. The molecule has 0 saturated carbocycles. The largest absolute Gasteiger partial charge is 0.384 e. The van der Waals surface area contributed by atoms with Gasteiger partial charge in [0.2, 0.25) is 0 Å². The summed E-state index contributed by atoms with van der Waals surface area (Å²) in [5, 5.41) is 8.90. The van der Waals surface area contributed by atoms with Crippen LogP contribution in [-0.2, 0) is 6.42 Å². The first-order valence-electron chi connectivity index (χ1n) is 5.59. The number of amides is 2. The van der Waals surface area contributed by atoms with Crippen LogP contribution in [0.2, 0.25) is 0 Å². The van der Waals surface area contributed by atoms with E-state index in [-0.39, 0.29) is 12.1 Å². The van der Waals surface area contributed by atoms with E-state index in [1.165, 1.54) is 11.3 Å². The maximum absolute atomic E-state index is 11.5. The number of hydrogen-bond acceptors (Lipinski definition) is 2. The number of anilines is 2. The van der Waals surface area contributed by atoms with E-state index in [2.05, 4.69) is 16.0 Å². The van der Waals surface area contributed by atoms with Gasteiger partial charge in [-0.15, -0.1) is 0 Å². The fourth-order valence-corrected chi connectivity index (χ4v) is 1.81. The van der Waals surface area contributed by atoms with Crippen molar-refractivity contribution in [1.29, 1.82) is 0 Å². The first-order chi connectivity index (χ1) is 7.65. The second-order valence-electron chi connectivity index (χ2n) is 4.30. The lowest BCUT2D eigenvalue weighted by atomic mass is 10.1. The van der Waals surface area contributed by atoms with Crippen molar-refractivity contribution in [3.8, 4) is 0 Å². The summed E-state index contributed by atoms with van der Waals surface area (Å²) >= 11 is 0. The predicted octanol–water partition coefficient (Wildman–Crippen LogP) is 2.18. The Kier molecular flexibility index (Phi) is 2.99. The smallest absolute Gasteiger partial charge is 0.319 e. The van der Waals surface area contributed by atoms with E-state index in [1.807, 2.05) is 32.0 Å². The molecule has 0 bridgehead atoms. The van der Waals surface area contributed by atoms with Crippen LogP contribution in [0.1, 0.15) is 19.4 Å². The first kappa shape index (κ1) is 10.8. The summed E-state index contributed by atoms with van der Waals surface area (Å²) in [5.74, 6) is 0. The number of carbonyl (C=O) groups excluding carboxylic acids is 1. The molecule has 2 amide bonds. The molecule has 86 valence electrons. The topological polar surface area (TPSA) is 53.2 Å². The van der Waals surface area contributed by atoms with Gasteiger partial charge in [0.1, 0.15) is 0 Å². The van der Waals surface area contributed by atoms with Crippen molar-refractivity contribution >= 4 is 17.4 Å². The SMILES string of the molecule is CC(C)NC(=O)Nc1ccc2c(c1)CCN2. The van der Waals surface area contributed by atoms with Crippen LogP contribution in [0.3, 0.4) is 0 Å². The Morgan fingerprint density at radius 2 is 2.25 bits per heavy atom. The van der Waals surface area contributed by atoms with Crippen molar-refractivity contribution in [2.24, 2.45) is 0 Å². The lowest BCUT2D eigenvalue weighted by Crippen LogP contribution is -2.34. The molecule has 1 aliphatic heterocycles. The molecule has 1 heterocycles. The fraction of sp³-hybridized carbons (Fsp3) is 0.417.